The minimum atomic E-state index is -0.335. The van der Waals surface area contributed by atoms with Crippen LogP contribution < -0.4 is 9.47 Å². The predicted octanol–water partition coefficient (Wildman–Crippen LogP) is 3.92. The summed E-state index contributed by atoms with van der Waals surface area (Å²) in [6.07, 6.45) is 2.10. The second-order valence-electron chi connectivity index (χ2n) is 6.20. The molecule has 130 valence electrons. The summed E-state index contributed by atoms with van der Waals surface area (Å²) in [6.45, 7) is 3.33. The molecule has 0 atom stereocenters. The quantitative estimate of drug-likeness (QED) is 0.505. The van der Waals surface area contributed by atoms with Crippen LogP contribution in [0.4, 0.5) is 0 Å². The van der Waals surface area contributed by atoms with Gasteiger partial charge < -0.3 is 18.9 Å². The van der Waals surface area contributed by atoms with Gasteiger partial charge >= 0.3 is 5.97 Å². The van der Waals surface area contributed by atoms with E-state index in [1.54, 1.807) is 24.3 Å². The molecule has 2 aromatic carbocycles. The topological polar surface area (TPSA) is 43.7 Å². The molecule has 0 saturated carbocycles. The van der Waals surface area contributed by atoms with E-state index in [4.69, 9.17) is 9.47 Å². The van der Waals surface area contributed by atoms with Crippen molar-refractivity contribution in [1.82, 2.24) is 9.47 Å². The Balaban J connectivity index is 1.72. The first-order valence-corrected chi connectivity index (χ1v) is 8.21. The molecule has 0 saturated heterocycles. The van der Waals surface area contributed by atoms with Crippen molar-refractivity contribution in [1.29, 1.82) is 0 Å². The summed E-state index contributed by atoms with van der Waals surface area (Å²) in [5.74, 6) is 1.64. The number of likely N-dealkylation sites (N-methyl/N-ethyl adjacent to an activating group) is 1. The molecule has 0 aliphatic rings. The highest BCUT2D eigenvalue weighted by atomic mass is 16.5. The third-order valence-corrected chi connectivity index (χ3v) is 3.85. The molecule has 0 aliphatic heterocycles. The van der Waals surface area contributed by atoms with Gasteiger partial charge in [-0.25, -0.2) is 0 Å². The summed E-state index contributed by atoms with van der Waals surface area (Å²) >= 11 is 0. The SMILES string of the molecule is CC(=O)Oc1ccc(Oc2ccc3c(ccn3CCN(C)C)c2)cc1. The van der Waals surface area contributed by atoms with E-state index in [0.717, 1.165) is 24.2 Å². The van der Waals surface area contributed by atoms with Gasteiger partial charge in [0.15, 0.2) is 0 Å². The lowest BCUT2D eigenvalue weighted by Crippen LogP contribution is -2.17. The molecule has 1 aromatic heterocycles. The van der Waals surface area contributed by atoms with E-state index in [1.807, 2.05) is 12.1 Å². The first-order chi connectivity index (χ1) is 12.0. The molecule has 0 spiro atoms. The molecule has 3 aromatic rings. The van der Waals surface area contributed by atoms with E-state index in [2.05, 4.69) is 41.9 Å². The molecule has 0 unspecified atom stereocenters. The van der Waals surface area contributed by atoms with Gasteiger partial charge in [0.1, 0.15) is 17.2 Å². The average molecular weight is 338 g/mol. The Labute approximate surface area is 147 Å². The van der Waals surface area contributed by atoms with Crippen molar-refractivity contribution in [2.24, 2.45) is 0 Å². The van der Waals surface area contributed by atoms with Crippen LogP contribution in [0.3, 0.4) is 0 Å². The first kappa shape index (κ1) is 17.0. The maximum Gasteiger partial charge on any atom is 0.308 e. The number of aromatic nitrogens is 1. The molecule has 0 N–H and O–H groups in total. The molecule has 0 fully saturated rings. The Kier molecular flexibility index (Phi) is 5.05. The number of benzene rings is 2. The molecule has 0 bridgehead atoms. The van der Waals surface area contributed by atoms with E-state index in [-0.39, 0.29) is 5.97 Å². The molecule has 0 radical (unpaired) electrons. The Morgan fingerprint density at radius 1 is 1.00 bits per heavy atom. The number of fused-ring (bicyclic) bond motifs is 1. The van der Waals surface area contributed by atoms with Gasteiger partial charge in [0.05, 0.1) is 0 Å². The van der Waals surface area contributed by atoms with Gasteiger partial charge in [0, 0.05) is 37.1 Å². The fraction of sp³-hybridized carbons (Fsp3) is 0.250. The number of hydrogen-bond donors (Lipinski definition) is 0. The molecule has 5 nitrogen and oxygen atoms in total. The zero-order valence-electron chi connectivity index (χ0n) is 14.7. The summed E-state index contributed by atoms with van der Waals surface area (Å²) in [5, 5.41) is 1.15. The Bertz CT molecular complexity index is 866. The maximum atomic E-state index is 10.9. The molecule has 25 heavy (non-hydrogen) atoms. The van der Waals surface area contributed by atoms with Crippen molar-refractivity contribution >= 4 is 16.9 Å². The Morgan fingerprint density at radius 2 is 1.68 bits per heavy atom. The van der Waals surface area contributed by atoms with Crippen LogP contribution >= 0.6 is 0 Å². The van der Waals surface area contributed by atoms with Crippen LogP contribution in [0.1, 0.15) is 6.92 Å². The summed E-state index contributed by atoms with van der Waals surface area (Å²) in [4.78, 5) is 13.1. The van der Waals surface area contributed by atoms with Gasteiger partial charge in [-0.3, -0.25) is 4.79 Å². The van der Waals surface area contributed by atoms with E-state index in [0.29, 0.717) is 11.5 Å². The smallest absolute Gasteiger partial charge is 0.308 e. The van der Waals surface area contributed by atoms with Crippen molar-refractivity contribution in [3.63, 3.8) is 0 Å². The minimum Gasteiger partial charge on any atom is -0.457 e. The Hall–Kier alpha value is -2.79. The molecular weight excluding hydrogens is 316 g/mol. The minimum absolute atomic E-state index is 0.335. The molecule has 0 aliphatic carbocycles. The number of carbonyl (C=O) groups excluding carboxylic acids is 1. The van der Waals surface area contributed by atoms with Gasteiger partial charge in [-0.15, -0.1) is 0 Å². The molecular formula is C20H22N2O3. The van der Waals surface area contributed by atoms with Crippen LogP contribution in [-0.4, -0.2) is 36.1 Å². The lowest BCUT2D eigenvalue weighted by Gasteiger charge is -2.11. The standard InChI is InChI=1S/C20H22N2O3/c1-15(23)24-17-4-6-18(7-5-17)25-19-8-9-20-16(14-19)10-11-22(20)13-12-21(2)3/h4-11,14H,12-13H2,1-3H3. The second-order valence-corrected chi connectivity index (χ2v) is 6.20. The fourth-order valence-electron chi connectivity index (χ4n) is 2.62. The van der Waals surface area contributed by atoms with Crippen molar-refractivity contribution in [3.05, 3.63) is 54.7 Å². The highest BCUT2D eigenvalue weighted by Gasteiger charge is 2.05. The summed E-state index contributed by atoms with van der Waals surface area (Å²) < 4.78 is 13.2. The van der Waals surface area contributed by atoms with Gasteiger partial charge in [-0.05, 0) is 62.6 Å². The van der Waals surface area contributed by atoms with Crippen LogP contribution in [0.5, 0.6) is 17.2 Å². The van der Waals surface area contributed by atoms with Gasteiger partial charge in [0.25, 0.3) is 0 Å². The third-order valence-electron chi connectivity index (χ3n) is 3.85. The molecule has 0 amide bonds. The van der Waals surface area contributed by atoms with E-state index >= 15 is 0 Å². The largest absolute Gasteiger partial charge is 0.457 e. The molecule has 1 heterocycles. The zero-order chi connectivity index (χ0) is 17.8. The van der Waals surface area contributed by atoms with Crippen LogP contribution in [-0.2, 0) is 11.3 Å². The van der Waals surface area contributed by atoms with E-state index < -0.39 is 0 Å². The van der Waals surface area contributed by atoms with Gasteiger partial charge in [-0.2, -0.15) is 0 Å². The van der Waals surface area contributed by atoms with Gasteiger partial charge in [-0.1, -0.05) is 0 Å². The molecule has 5 heteroatoms. The number of hydrogen-bond acceptors (Lipinski definition) is 4. The predicted molar refractivity (Wildman–Crippen MR) is 98.3 cm³/mol. The number of carbonyl (C=O) groups is 1. The number of esters is 1. The van der Waals surface area contributed by atoms with Crippen LogP contribution in [0.15, 0.2) is 54.7 Å². The third kappa shape index (κ3) is 4.39. The van der Waals surface area contributed by atoms with Gasteiger partial charge in [0.2, 0.25) is 0 Å². The van der Waals surface area contributed by atoms with Crippen molar-refractivity contribution < 1.29 is 14.3 Å². The summed E-state index contributed by atoms with van der Waals surface area (Å²) in [7, 11) is 4.15. The number of rotatable bonds is 6. The van der Waals surface area contributed by atoms with E-state index in [1.165, 1.54) is 12.4 Å². The highest BCUT2D eigenvalue weighted by Crippen LogP contribution is 2.27. The van der Waals surface area contributed by atoms with Crippen LogP contribution in [0, 0.1) is 0 Å². The summed E-state index contributed by atoms with van der Waals surface area (Å²) in [6, 6.07) is 15.2. The maximum absolute atomic E-state index is 10.9. The number of nitrogens with zero attached hydrogens (tertiary/aromatic N) is 2. The summed E-state index contributed by atoms with van der Waals surface area (Å²) in [5.41, 5.74) is 1.19. The average Bonchev–Trinajstić information content (AvgIpc) is 2.96. The highest BCUT2D eigenvalue weighted by molar-refractivity contribution is 5.81. The second kappa shape index (κ2) is 7.40. The fourth-order valence-corrected chi connectivity index (χ4v) is 2.62. The lowest BCUT2D eigenvalue weighted by atomic mass is 10.2. The lowest BCUT2D eigenvalue weighted by molar-refractivity contribution is -0.131. The van der Waals surface area contributed by atoms with Crippen LogP contribution in [0.2, 0.25) is 0 Å². The Morgan fingerprint density at radius 3 is 2.36 bits per heavy atom. The zero-order valence-corrected chi connectivity index (χ0v) is 14.7. The monoisotopic (exact) mass is 338 g/mol. The van der Waals surface area contributed by atoms with Crippen molar-refractivity contribution in [2.45, 2.75) is 13.5 Å². The first-order valence-electron chi connectivity index (χ1n) is 8.21. The van der Waals surface area contributed by atoms with Crippen molar-refractivity contribution in [3.8, 4) is 17.2 Å². The van der Waals surface area contributed by atoms with Crippen molar-refractivity contribution in [2.75, 3.05) is 20.6 Å². The normalized spacial score (nSPS) is 11.0. The van der Waals surface area contributed by atoms with Crippen LogP contribution in [0.25, 0.3) is 10.9 Å². The molecule has 3 rings (SSSR count). The van der Waals surface area contributed by atoms with E-state index in [9.17, 15) is 4.79 Å². The number of ether oxygens (including phenoxy) is 2.